The van der Waals surface area contributed by atoms with Crippen molar-refractivity contribution in [2.24, 2.45) is 5.41 Å². The highest BCUT2D eigenvalue weighted by Crippen LogP contribution is 2.28. The van der Waals surface area contributed by atoms with Crippen molar-refractivity contribution >= 4 is 50.4 Å². The number of unbranched alkanes of at least 4 members (excludes halogenated alkanes) is 6. The summed E-state index contributed by atoms with van der Waals surface area (Å²) in [7, 11) is -11.0. The first-order valence-corrected chi connectivity index (χ1v) is 36.2. The Bertz CT molecular complexity index is 682. The average Bonchev–Trinajstić information content (AvgIpc) is 2.81. The van der Waals surface area contributed by atoms with Crippen molar-refractivity contribution in [2.45, 2.75) is 155 Å². The molecule has 0 saturated carbocycles. The topological polar surface area (TPSA) is 95.8 Å². The van der Waals surface area contributed by atoms with Gasteiger partial charge in [0, 0.05) is 13.2 Å². The van der Waals surface area contributed by atoms with Crippen molar-refractivity contribution in [1.82, 2.24) is 0 Å². The summed E-state index contributed by atoms with van der Waals surface area (Å²) in [5, 5.41) is 20.1. The zero-order valence-electron chi connectivity index (χ0n) is 32.2. The molecule has 0 heterocycles. The van der Waals surface area contributed by atoms with Crippen LogP contribution in [0.1, 0.15) is 51.4 Å². The maximum Gasteiger partial charge on any atom is 0.314 e. The van der Waals surface area contributed by atoms with Gasteiger partial charge in [0.2, 0.25) is 0 Å². The van der Waals surface area contributed by atoms with Gasteiger partial charge in [-0.05, 0) is 117 Å². The van der Waals surface area contributed by atoms with Gasteiger partial charge in [0.1, 0.15) is 0 Å². The second-order valence-electron chi connectivity index (χ2n) is 17.4. The molecule has 0 aliphatic rings. The van der Waals surface area contributed by atoms with Gasteiger partial charge in [0.15, 0.2) is 33.3 Å². The van der Waals surface area contributed by atoms with Crippen molar-refractivity contribution in [3.05, 3.63) is 0 Å². The van der Waals surface area contributed by atoms with E-state index in [1.54, 1.807) is 0 Å². The fourth-order valence-electron chi connectivity index (χ4n) is 5.70. The van der Waals surface area contributed by atoms with Crippen molar-refractivity contribution in [3.63, 3.8) is 0 Å². The van der Waals surface area contributed by atoms with Crippen LogP contribution < -0.4 is 0 Å². The minimum atomic E-state index is -2.16. The lowest BCUT2D eigenvalue weighted by Gasteiger charge is -2.38. The SMILES string of the molecule is C[Si](C)(C)O[Si](C)(CCCCCCOCC(CO)(CO)COCCCCCC[Si](C)(O[Si](C)(C)C)O[Si](C)(C)C)O[Si](C)(C)C. The number of aliphatic hydroxyl groups is 2. The number of hydrogen-bond acceptors (Lipinski definition) is 8. The summed E-state index contributed by atoms with van der Waals surface area (Å²) in [5.41, 5.74) is -0.758. The minimum Gasteiger partial charge on any atom is -0.437 e. The summed E-state index contributed by atoms with van der Waals surface area (Å²) in [6.07, 6.45) is 8.58. The number of rotatable bonds is 28. The van der Waals surface area contributed by atoms with Gasteiger partial charge in [-0.2, -0.15) is 0 Å². The Labute approximate surface area is 285 Å². The highest BCUT2D eigenvalue weighted by molar-refractivity contribution is 6.88. The third-order valence-electron chi connectivity index (χ3n) is 6.91. The molecule has 0 aromatic carbocycles. The van der Waals surface area contributed by atoms with Crippen molar-refractivity contribution in [1.29, 1.82) is 0 Å². The lowest BCUT2D eigenvalue weighted by molar-refractivity contribution is -0.0776. The quantitative estimate of drug-likeness (QED) is 0.0608. The van der Waals surface area contributed by atoms with Gasteiger partial charge in [-0.15, -0.1) is 0 Å². The fraction of sp³-hybridized carbons (Fsp3) is 1.00. The van der Waals surface area contributed by atoms with E-state index in [1.807, 2.05) is 0 Å². The molecule has 0 amide bonds. The van der Waals surface area contributed by atoms with E-state index < -0.39 is 55.8 Å². The first-order valence-electron chi connectivity index (χ1n) is 17.5. The van der Waals surface area contributed by atoms with Gasteiger partial charge < -0.3 is 36.1 Å². The van der Waals surface area contributed by atoms with E-state index in [0.29, 0.717) is 26.4 Å². The molecule has 0 rings (SSSR count). The molecular weight excluding hydrogens is 669 g/mol. The molecule has 0 saturated heterocycles. The van der Waals surface area contributed by atoms with E-state index in [1.165, 1.54) is 0 Å². The van der Waals surface area contributed by atoms with E-state index in [2.05, 4.69) is 91.7 Å². The summed E-state index contributed by atoms with van der Waals surface area (Å²) in [6, 6.07) is 2.08. The van der Waals surface area contributed by atoms with Crippen LogP contribution in [-0.4, -0.2) is 100 Å². The van der Waals surface area contributed by atoms with Crippen LogP contribution in [-0.2, 0) is 25.9 Å². The Kier molecular flexibility index (Phi) is 21.1. The molecule has 0 unspecified atom stereocenters. The lowest BCUT2D eigenvalue weighted by Crippen LogP contribution is -2.52. The molecule has 14 heteroatoms. The van der Waals surface area contributed by atoms with E-state index >= 15 is 0 Å². The number of hydrogen-bond donors (Lipinski definition) is 2. The van der Waals surface area contributed by atoms with E-state index in [9.17, 15) is 10.2 Å². The lowest BCUT2D eigenvalue weighted by atomic mass is 9.92. The largest absolute Gasteiger partial charge is 0.437 e. The van der Waals surface area contributed by atoms with Gasteiger partial charge in [-0.1, -0.05) is 38.5 Å². The molecule has 0 spiro atoms. The van der Waals surface area contributed by atoms with Crippen molar-refractivity contribution in [3.8, 4) is 0 Å². The molecule has 0 fully saturated rings. The predicted octanol–water partition coefficient (Wildman–Crippen LogP) is 8.66. The average molecular weight is 745 g/mol. The van der Waals surface area contributed by atoms with E-state index in [4.69, 9.17) is 25.9 Å². The summed E-state index contributed by atoms with van der Waals surface area (Å²) >= 11 is 0. The molecule has 0 aromatic rings. The molecule has 0 aromatic heterocycles. The smallest absolute Gasteiger partial charge is 0.314 e. The third-order valence-corrected chi connectivity index (χ3v) is 26.1. The summed E-state index contributed by atoms with van der Waals surface area (Å²) < 4.78 is 38.3. The second-order valence-corrected chi connectivity index (χ2v) is 43.1. The normalized spacial score (nSPS) is 14.4. The van der Waals surface area contributed by atoms with Crippen LogP contribution >= 0.6 is 0 Å². The first-order chi connectivity index (χ1) is 20.4. The highest BCUT2D eigenvalue weighted by Gasteiger charge is 2.41. The Hall–Kier alpha value is 0.981. The van der Waals surface area contributed by atoms with Gasteiger partial charge in [-0.3, -0.25) is 0 Å². The van der Waals surface area contributed by atoms with Crippen LogP contribution in [0.15, 0.2) is 0 Å². The van der Waals surface area contributed by atoms with Crippen molar-refractivity contribution < 1.29 is 36.1 Å². The van der Waals surface area contributed by atoms with Crippen LogP contribution in [0.3, 0.4) is 0 Å². The van der Waals surface area contributed by atoms with Crippen LogP contribution in [0.5, 0.6) is 0 Å². The second kappa shape index (κ2) is 20.6. The molecule has 272 valence electrons. The Morgan fingerprint density at radius 1 is 0.400 bits per heavy atom. The molecule has 0 atom stereocenters. The Morgan fingerprint density at radius 2 is 0.667 bits per heavy atom. The van der Waals surface area contributed by atoms with E-state index in [-0.39, 0.29) is 13.2 Å². The standard InChI is InChI=1S/C31H76O8Si6/c1-40(2,3)36-44(13,37-41(4,5)6)25-21-17-15-19-23-34-29-31(27-32,28-33)30-35-24-20-16-18-22-26-45(14,38-42(7,8)9)39-43(10,11)12/h32-33H,15-30H2,1-14H3. The third kappa shape index (κ3) is 25.6. The molecule has 2 N–H and O–H groups in total. The van der Waals surface area contributed by atoms with Crippen LogP contribution in [0, 0.1) is 5.41 Å². The minimum absolute atomic E-state index is 0.154. The molecule has 0 bridgehead atoms. The van der Waals surface area contributed by atoms with Crippen LogP contribution in [0.4, 0.5) is 0 Å². The monoisotopic (exact) mass is 744 g/mol. The Balaban J connectivity index is 4.36. The summed E-state index contributed by atoms with van der Waals surface area (Å²) in [5.74, 6) is 0. The summed E-state index contributed by atoms with van der Waals surface area (Å²) in [4.78, 5) is 0. The van der Waals surface area contributed by atoms with Gasteiger partial charge in [0.05, 0.1) is 31.8 Å². The van der Waals surface area contributed by atoms with E-state index in [0.717, 1.165) is 63.5 Å². The first kappa shape index (κ1) is 46.0. The molecular formula is C31H76O8Si6. The zero-order valence-corrected chi connectivity index (χ0v) is 38.2. The van der Waals surface area contributed by atoms with Crippen LogP contribution in [0.25, 0.3) is 0 Å². The fourth-order valence-corrected chi connectivity index (χ4v) is 30.9. The van der Waals surface area contributed by atoms with Gasteiger partial charge in [-0.25, -0.2) is 0 Å². The molecule has 0 aliphatic heterocycles. The van der Waals surface area contributed by atoms with Crippen molar-refractivity contribution in [2.75, 3.05) is 39.6 Å². The van der Waals surface area contributed by atoms with Gasteiger partial charge >= 0.3 is 17.1 Å². The van der Waals surface area contributed by atoms with Crippen LogP contribution in [0.2, 0.25) is 104 Å². The maximum atomic E-state index is 10.0. The number of ether oxygens (including phenoxy) is 2. The molecule has 0 aliphatic carbocycles. The predicted molar refractivity (Wildman–Crippen MR) is 206 cm³/mol. The molecule has 45 heavy (non-hydrogen) atoms. The molecule has 8 nitrogen and oxygen atoms in total. The summed E-state index contributed by atoms with van der Waals surface area (Å²) in [6.45, 7) is 33.1. The zero-order chi connectivity index (χ0) is 35.1. The Morgan fingerprint density at radius 3 is 0.911 bits per heavy atom. The van der Waals surface area contributed by atoms with Gasteiger partial charge in [0.25, 0.3) is 0 Å². The highest BCUT2D eigenvalue weighted by atomic mass is 28.5. The maximum absolute atomic E-state index is 10.0. The number of aliphatic hydroxyl groups excluding tert-OH is 2. The molecule has 0 radical (unpaired) electrons.